The first-order valence-corrected chi connectivity index (χ1v) is 8.59. The first kappa shape index (κ1) is 21.7. The number of ketones is 1. The number of carbonyl (C=O) groups excluding carboxylic acids is 1. The summed E-state index contributed by atoms with van der Waals surface area (Å²) in [6.07, 6.45) is 20.9. The van der Waals surface area contributed by atoms with Gasteiger partial charge in [0, 0.05) is 0 Å². The molecule has 0 unspecified atom stereocenters. The minimum absolute atomic E-state index is 0. The fourth-order valence-corrected chi connectivity index (χ4v) is 2.58. The van der Waals surface area contributed by atoms with Gasteiger partial charge in [0.1, 0.15) is 0 Å². The molecule has 0 amide bonds. The van der Waals surface area contributed by atoms with Gasteiger partial charge in [-0.25, -0.2) is 0 Å². The van der Waals surface area contributed by atoms with Crippen LogP contribution in [0.15, 0.2) is 60.7 Å². The molecule has 2 aromatic rings. The molecule has 2 heteroatoms. The van der Waals surface area contributed by atoms with Gasteiger partial charge in [0.05, 0.1) is 5.92 Å². The van der Waals surface area contributed by atoms with Gasteiger partial charge in [-0.05, 0) is 86.6 Å². The van der Waals surface area contributed by atoms with E-state index in [9.17, 15) is 4.79 Å². The van der Waals surface area contributed by atoms with Gasteiger partial charge in [-0.15, -0.1) is 0 Å². The van der Waals surface area contributed by atoms with Crippen molar-refractivity contribution < 1.29 is 21.9 Å². The van der Waals surface area contributed by atoms with Gasteiger partial charge in [-0.1, -0.05) is 54.6 Å². The molecule has 27 heavy (non-hydrogen) atoms. The minimum Gasteiger partial charge on any atom is -0.294 e. The molecule has 2 saturated carbocycles. The molecule has 4 rings (SSSR count). The number of carbonyl (C=O) groups is 1. The zero-order chi connectivity index (χ0) is 18.0. The zero-order valence-corrected chi connectivity index (χ0v) is 15.9. The van der Waals surface area contributed by atoms with Gasteiger partial charge >= 0.3 is 17.1 Å². The van der Waals surface area contributed by atoms with Crippen molar-refractivity contribution in [3.8, 4) is 11.1 Å². The van der Waals surface area contributed by atoms with Crippen LogP contribution in [0.25, 0.3) is 17.2 Å². The van der Waals surface area contributed by atoms with Crippen LogP contribution in [-0.2, 0) is 21.9 Å². The fraction of sp³-hybridized carbons (Fsp3) is 0. The predicted molar refractivity (Wildman–Crippen MR) is 108 cm³/mol. The Morgan fingerprint density at radius 1 is 0.667 bits per heavy atom. The third-order valence-corrected chi connectivity index (χ3v) is 3.92. The summed E-state index contributed by atoms with van der Waals surface area (Å²) < 4.78 is 0. The quantitative estimate of drug-likeness (QED) is 0.506. The van der Waals surface area contributed by atoms with Crippen molar-refractivity contribution in [3.63, 3.8) is 0 Å². The van der Waals surface area contributed by atoms with Crippen LogP contribution in [0.5, 0.6) is 0 Å². The third-order valence-electron chi connectivity index (χ3n) is 3.92. The standard InChI is InChI=1S/C20H15O.C5H5.Fe/c21-20(18-10-4-5-11-18)14-13-16-7-6-12-19(15-16)17-8-2-1-3-9-17;1-2-4-5-3-1;/h1-15H;1-5H;/q;;+2/b14-13+;;. The Morgan fingerprint density at radius 3 is 1.89 bits per heavy atom. The van der Waals surface area contributed by atoms with Crippen LogP contribution in [0.4, 0.5) is 0 Å². The second kappa shape index (κ2) is 12.0. The molecule has 2 aliphatic carbocycles. The minimum atomic E-state index is 0. The normalized spacial score (nSPS) is 16.6. The second-order valence-corrected chi connectivity index (χ2v) is 5.82. The summed E-state index contributed by atoms with van der Waals surface area (Å²) in [6.45, 7) is 0. The summed E-state index contributed by atoms with van der Waals surface area (Å²) in [5.74, 6) is 0.760. The first-order valence-electron chi connectivity index (χ1n) is 8.59. The van der Waals surface area contributed by atoms with Crippen LogP contribution in [0, 0.1) is 63.7 Å². The van der Waals surface area contributed by atoms with E-state index in [1.54, 1.807) is 6.08 Å². The molecule has 10 radical (unpaired) electrons. The molecule has 2 fully saturated rings. The van der Waals surface area contributed by atoms with E-state index in [-0.39, 0.29) is 22.9 Å². The Labute approximate surface area is 174 Å². The van der Waals surface area contributed by atoms with Crippen molar-refractivity contribution in [2.45, 2.75) is 0 Å². The summed E-state index contributed by atoms with van der Waals surface area (Å²) in [6, 6.07) is 18.4. The topological polar surface area (TPSA) is 17.1 Å². The molecule has 0 N–H and O–H groups in total. The summed E-state index contributed by atoms with van der Waals surface area (Å²) >= 11 is 0. The number of rotatable bonds is 4. The van der Waals surface area contributed by atoms with Gasteiger partial charge in [-0.2, -0.15) is 0 Å². The Balaban J connectivity index is 0.000000379. The molecule has 0 saturated heterocycles. The molecule has 0 aromatic heterocycles. The predicted octanol–water partition coefficient (Wildman–Crippen LogP) is 5.36. The number of benzene rings is 2. The summed E-state index contributed by atoms with van der Waals surface area (Å²) in [4.78, 5) is 11.9. The van der Waals surface area contributed by atoms with Crippen LogP contribution in [0.2, 0.25) is 0 Å². The smallest absolute Gasteiger partial charge is 0.294 e. The van der Waals surface area contributed by atoms with Crippen molar-refractivity contribution in [1.82, 2.24) is 0 Å². The number of allylic oxidation sites excluding steroid dienone is 1. The Hall–Kier alpha value is -1.63. The van der Waals surface area contributed by atoms with E-state index in [0.717, 1.165) is 17.0 Å². The Morgan fingerprint density at radius 2 is 1.26 bits per heavy atom. The average Bonchev–Trinajstić information content (AvgIpc) is 3.43. The third kappa shape index (κ3) is 7.13. The summed E-state index contributed by atoms with van der Waals surface area (Å²) in [5.41, 5.74) is 3.35. The Kier molecular flexibility index (Phi) is 9.59. The van der Waals surface area contributed by atoms with Gasteiger partial charge in [0.15, 0.2) is 5.78 Å². The van der Waals surface area contributed by atoms with Crippen LogP contribution >= 0.6 is 0 Å². The van der Waals surface area contributed by atoms with Crippen molar-refractivity contribution >= 4 is 11.9 Å². The van der Waals surface area contributed by atoms with E-state index < -0.39 is 0 Å². The first-order chi connectivity index (χ1) is 12.8. The summed E-state index contributed by atoms with van der Waals surface area (Å²) in [7, 11) is 0. The second-order valence-electron chi connectivity index (χ2n) is 5.82. The monoisotopic (exact) mass is 392 g/mol. The fourth-order valence-electron chi connectivity index (χ4n) is 2.58. The molecule has 1 nitrogen and oxygen atoms in total. The van der Waals surface area contributed by atoms with E-state index in [4.69, 9.17) is 0 Å². The van der Waals surface area contributed by atoms with E-state index in [1.807, 2.05) is 94.2 Å². The molecular formula is C25H20FeO+2. The maximum absolute atomic E-state index is 11.9. The molecule has 2 aromatic carbocycles. The maximum atomic E-state index is 11.9. The summed E-state index contributed by atoms with van der Waals surface area (Å²) in [5, 5.41) is 0. The van der Waals surface area contributed by atoms with Crippen molar-refractivity contribution in [2.24, 2.45) is 0 Å². The van der Waals surface area contributed by atoms with Crippen molar-refractivity contribution in [1.29, 1.82) is 0 Å². The van der Waals surface area contributed by atoms with Gasteiger partial charge in [0.25, 0.3) is 0 Å². The van der Waals surface area contributed by atoms with Crippen LogP contribution in [0.1, 0.15) is 5.56 Å². The van der Waals surface area contributed by atoms with Crippen molar-refractivity contribution in [2.75, 3.05) is 0 Å². The largest absolute Gasteiger partial charge is 2.00 e. The molecule has 132 valence electrons. The SMILES string of the molecule is O=C(/C=C/c1cccc(-c2ccccc2)c1)[C]1[CH][CH][CH][CH]1.[CH]1[CH][CH][CH][CH]1.[Fe+2]. The zero-order valence-electron chi connectivity index (χ0n) is 14.8. The number of hydrogen-bond acceptors (Lipinski definition) is 1. The van der Waals surface area contributed by atoms with Crippen LogP contribution in [0.3, 0.4) is 0 Å². The Bertz CT molecular complexity index is 703. The van der Waals surface area contributed by atoms with E-state index >= 15 is 0 Å². The van der Waals surface area contributed by atoms with Crippen LogP contribution < -0.4 is 0 Å². The molecule has 0 aliphatic heterocycles. The van der Waals surface area contributed by atoms with Gasteiger partial charge in [-0.3, -0.25) is 4.79 Å². The van der Waals surface area contributed by atoms with E-state index in [0.29, 0.717) is 0 Å². The van der Waals surface area contributed by atoms with Gasteiger partial charge < -0.3 is 0 Å². The molecule has 0 spiro atoms. The number of hydrogen-bond donors (Lipinski definition) is 0. The van der Waals surface area contributed by atoms with Gasteiger partial charge in [0.2, 0.25) is 0 Å². The molecule has 0 heterocycles. The van der Waals surface area contributed by atoms with Crippen molar-refractivity contribution in [3.05, 3.63) is 130 Å². The van der Waals surface area contributed by atoms with E-state index in [1.165, 1.54) is 5.56 Å². The molecule has 0 bridgehead atoms. The van der Waals surface area contributed by atoms with Crippen LogP contribution in [-0.4, -0.2) is 5.78 Å². The van der Waals surface area contributed by atoms with E-state index in [2.05, 4.69) is 24.3 Å². The molecular weight excluding hydrogens is 372 g/mol. The molecule has 2 aliphatic rings. The molecule has 0 atom stereocenters. The maximum Gasteiger partial charge on any atom is 2.00 e. The average molecular weight is 392 g/mol.